The second-order valence-corrected chi connectivity index (χ2v) is 1.56. The predicted octanol–water partition coefficient (Wildman–Crippen LogP) is 1.16. The molecule has 0 bridgehead atoms. The normalized spacial score (nSPS) is 8.30. The first-order valence-corrected chi connectivity index (χ1v) is 2.76. The van der Waals surface area contributed by atoms with Crippen molar-refractivity contribution >= 4 is 23.0 Å². The van der Waals surface area contributed by atoms with Gasteiger partial charge in [0, 0.05) is 19.7 Å². The quantitative estimate of drug-likeness (QED) is 0.517. The van der Waals surface area contributed by atoms with E-state index >= 15 is 0 Å². The molecule has 0 aliphatic rings. The van der Waals surface area contributed by atoms with Crippen LogP contribution < -0.4 is 0 Å². The fourth-order valence-corrected chi connectivity index (χ4v) is 0.255. The van der Waals surface area contributed by atoms with Crippen molar-refractivity contribution in [3.63, 3.8) is 0 Å². The summed E-state index contributed by atoms with van der Waals surface area (Å²) in [5.41, 5.74) is 0. The Morgan fingerprint density at radius 3 is 2.60 bits per heavy atom. The van der Waals surface area contributed by atoms with Gasteiger partial charge in [-0.25, -0.2) is 4.79 Å². The van der Waals surface area contributed by atoms with Gasteiger partial charge >= 0.3 is 5.97 Å². The fraction of sp³-hybridized carbons (Fsp3) is 0.500. The van der Waals surface area contributed by atoms with Crippen LogP contribution in [-0.4, -0.2) is 24.6 Å². The minimum Gasteiger partial charge on any atom is -0.365 e. The maximum Gasteiger partial charge on any atom is 0.349 e. The maximum absolute atomic E-state index is 10.4. The van der Waals surface area contributed by atoms with Crippen LogP contribution in [0.2, 0.25) is 0 Å². The van der Waals surface area contributed by atoms with E-state index in [2.05, 4.69) is 11.4 Å². The van der Waals surface area contributed by atoms with E-state index in [1.807, 2.05) is 6.92 Å². The summed E-state index contributed by atoms with van der Waals surface area (Å²) in [6.45, 7) is 5.81. The smallest absolute Gasteiger partial charge is 0.349 e. The molecule has 0 radical (unpaired) electrons. The van der Waals surface area contributed by atoms with Gasteiger partial charge in [0.1, 0.15) is 0 Å². The third-order valence-corrected chi connectivity index (χ3v) is 0.858. The van der Waals surface area contributed by atoms with Crippen molar-refractivity contribution < 1.29 is 9.63 Å². The average molecular weight is 210 g/mol. The molecule has 0 fully saturated rings. The lowest BCUT2D eigenvalue weighted by Gasteiger charge is -2.10. The largest absolute Gasteiger partial charge is 0.365 e. The molecule has 0 spiro atoms. The van der Waals surface area contributed by atoms with E-state index < -0.39 is 5.97 Å². The molecule has 0 aromatic heterocycles. The Morgan fingerprint density at radius 1 is 1.80 bits per heavy atom. The van der Waals surface area contributed by atoms with E-state index in [1.54, 1.807) is 7.05 Å². The third-order valence-electron chi connectivity index (χ3n) is 0.858. The van der Waals surface area contributed by atoms with Crippen molar-refractivity contribution in [1.82, 2.24) is 5.06 Å². The fourth-order valence-electron chi connectivity index (χ4n) is 0.255. The predicted molar refractivity (Wildman–Crippen MR) is 44.9 cm³/mol. The zero-order valence-electron chi connectivity index (χ0n) is 6.16. The van der Waals surface area contributed by atoms with Crippen LogP contribution in [0.25, 0.3) is 0 Å². The number of carbonyl (C=O) groups excluding carboxylic acids is 1. The molecule has 0 heterocycles. The molecule has 0 aromatic carbocycles. The standard InChI is InChI=1S/C6H11NO2.BrH/c1-4-6(8)9-7(3)5-2;/h4H,1,5H2,2-3H3;1H. The van der Waals surface area contributed by atoms with E-state index in [9.17, 15) is 4.79 Å². The van der Waals surface area contributed by atoms with Crippen molar-refractivity contribution in [3.8, 4) is 0 Å². The summed E-state index contributed by atoms with van der Waals surface area (Å²) in [7, 11) is 1.68. The van der Waals surface area contributed by atoms with Gasteiger partial charge in [-0.05, 0) is 6.92 Å². The van der Waals surface area contributed by atoms with Crippen LogP contribution in [-0.2, 0) is 9.63 Å². The molecule has 0 aromatic rings. The molecule has 4 heteroatoms. The van der Waals surface area contributed by atoms with E-state index in [0.717, 1.165) is 6.08 Å². The third kappa shape index (κ3) is 5.78. The Bertz CT molecular complexity index is 116. The Hall–Kier alpha value is -0.350. The van der Waals surface area contributed by atoms with E-state index in [4.69, 9.17) is 0 Å². The Kier molecular flexibility index (Phi) is 8.35. The van der Waals surface area contributed by atoms with E-state index in [-0.39, 0.29) is 17.0 Å². The lowest BCUT2D eigenvalue weighted by molar-refractivity contribution is -0.176. The second-order valence-electron chi connectivity index (χ2n) is 1.56. The Labute approximate surface area is 71.4 Å². The average Bonchev–Trinajstić information content (AvgIpc) is 1.87. The molecule has 0 unspecified atom stereocenters. The summed E-state index contributed by atoms with van der Waals surface area (Å²) in [5.74, 6) is -0.417. The van der Waals surface area contributed by atoms with Crippen molar-refractivity contribution in [3.05, 3.63) is 12.7 Å². The first-order chi connectivity index (χ1) is 4.20. The summed E-state index contributed by atoms with van der Waals surface area (Å²) in [4.78, 5) is 15.0. The zero-order chi connectivity index (χ0) is 7.28. The first kappa shape index (κ1) is 12.3. The van der Waals surface area contributed by atoms with Gasteiger partial charge in [-0.2, -0.15) is 0 Å². The summed E-state index contributed by atoms with van der Waals surface area (Å²) >= 11 is 0. The van der Waals surface area contributed by atoms with Crippen LogP contribution >= 0.6 is 17.0 Å². The summed E-state index contributed by atoms with van der Waals surface area (Å²) < 4.78 is 0. The molecule has 0 aliphatic heterocycles. The number of hydrogen-bond donors (Lipinski definition) is 0. The van der Waals surface area contributed by atoms with Gasteiger partial charge in [0.2, 0.25) is 0 Å². The highest BCUT2D eigenvalue weighted by Gasteiger charge is 1.97. The second kappa shape index (κ2) is 6.77. The van der Waals surface area contributed by atoms with Crippen molar-refractivity contribution in [2.75, 3.05) is 13.6 Å². The SMILES string of the molecule is Br.C=CC(=O)ON(C)CC. The lowest BCUT2D eigenvalue weighted by atomic mass is 10.7. The molecule has 0 atom stereocenters. The minimum atomic E-state index is -0.417. The van der Waals surface area contributed by atoms with E-state index in [1.165, 1.54) is 5.06 Å². The van der Waals surface area contributed by atoms with Crippen LogP contribution in [0.3, 0.4) is 0 Å². The minimum absolute atomic E-state index is 0. The first-order valence-electron chi connectivity index (χ1n) is 2.76. The van der Waals surface area contributed by atoms with Gasteiger partial charge < -0.3 is 4.84 Å². The van der Waals surface area contributed by atoms with Gasteiger partial charge in [-0.3, -0.25) is 0 Å². The summed E-state index contributed by atoms with van der Waals surface area (Å²) in [6.07, 6.45) is 1.13. The van der Waals surface area contributed by atoms with Crippen LogP contribution in [0, 0.1) is 0 Å². The zero-order valence-corrected chi connectivity index (χ0v) is 7.88. The number of hydroxylamine groups is 2. The van der Waals surface area contributed by atoms with E-state index in [0.29, 0.717) is 6.54 Å². The van der Waals surface area contributed by atoms with Gasteiger partial charge in [0.25, 0.3) is 0 Å². The topological polar surface area (TPSA) is 29.5 Å². The number of carbonyl (C=O) groups is 1. The maximum atomic E-state index is 10.4. The van der Waals surface area contributed by atoms with Crippen molar-refractivity contribution in [2.24, 2.45) is 0 Å². The van der Waals surface area contributed by atoms with Gasteiger partial charge in [-0.15, -0.1) is 22.0 Å². The van der Waals surface area contributed by atoms with Crippen LogP contribution in [0.4, 0.5) is 0 Å². The Morgan fingerprint density at radius 2 is 2.30 bits per heavy atom. The number of hydrogen-bond acceptors (Lipinski definition) is 3. The molecule has 0 aliphatic carbocycles. The molecule has 0 saturated carbocycles. The lowest BCUT2D eigenvalue weighted by Crippen LogP contribution is -2.21. The van der Waals surface area contributed by atoms with Gasteiger partial charge in [0.15, 0.2) is 0 Å². The van der Waals surface area contributed by atoms with Crippen LogP contribution in [0.15, 0.2) is 12.7 Å². The molecule has 0 amide bonds. The Balaban J connectivity index is 0. The summed E-state index contributed by atoms with van der Waals surface area (Å²) in [6, 6.07) is 0. The highest BCUT2D eigenvalue weighted by molar-refractivity contribution is 8.93. The molecule has 60 valence electrons. The highest BCUT2D eigenvalue weighted by atomic mass is 79.9. The molecule has 0 rings (SSSR count). The van der Waals surface area contributed by atoms with Gasteiger partial charge in [0.05, 0.1) is 0 Å². The van der Waals surface area contributed by atoms with Crippen LogP contribution in [0.5, 0.6) is 0 Å². The van der Waals surface area contributed by atoms with Crippen LogP contribution in [0.1, 0.15) is 6.92 Å². The molecular formula is C6H12BrNO2. The molecule has 10 heavy (non-hydrogen) atoms. The molecule has 0 saturated heterocycles. The molecular weight excluding hydrogens is 198 g/mol. The highest BCUT2D eigenvalue weighted by Crippen LogP contribution is 1.84. The van der Waals surface area contributed by atoms with Crippen molar-refractivity contribution in [1.29, 1.82) is 0 Å². The number of halogens is 1. The van der Waals surface area contributed by atoms with Gasteiger partial charge in [-0.1, -0.05) is 6.58 Å². The number of nitrogens with zero attached hydrogens (tertiary/aromatic N) is 1. The summed E-state index contributed by atoms with van der Waals surface area (Å²) in [5, 5.41) is 1.43. The molecule has 3 nitrogen and oxygen atoms in total. The van der Waals surface area contributed by atoms with Crippen molar-refractivity contribution in [2.45, 2.75) is 6.92 Å². The molecule has 0 N–H and O–H groups in total. The number of rotatable bonds is 3. The monoisotopic (exact) mass is 209 g/mol.